The first-order valence-corrected chi connectivity index (χ1v) is 14.3. The van der Waals surface area contributed by atoms with E-state index in [1.54, 1.807) is 18.3 Å². The molecule has 3 aliphatic rings. The van der Waals surface area contributed by atoms with E-state index in [2.05, 4.69) is 20.5 Å². The SMILES string of the molecule is O=C(NCCCN1CCC(F)CC1)c1ccc2c(c1)sc1nc(C3=C(F)CC([C@H]4CCCN4)C=C3F)cn12. The third-order valence-corrected chi connectivity index (χ3v) is 8.98. The predicted octanol–water partition coefficient (Wildman–Crippen LogP) is 5.41. The van der Waals surface area contributed by atoms with Crippen LogP contribution in [0, 0.1) is 5.92 Å². The maximum atomic E-state index is 15.1. The number of aromatic nitrogens is 2. The second kappa shape index (κ2) is 10.8. The number of alkyl halides is 1. The topological polar surface area (TPSA) is 61.7 Å². The number of carbonyl (C=O) groups excluding carboxylic acids is 1. The van der Waals surface area contributed by atoms with Gasteiger partial charge in [-0.2, -0.15) is 0 Å². The summed E-state index contributed by atoms with van der Waals surface area (Å²) in [5, 5.41) is 6.31. The van der Waals surface area contributed by atoms with Crippen molar-refractivity contribution in [3.63, 3.8) is 0 Å². The summed E-state index contributed by atoms with van der Waals surface area (Å²) in [5.41, 5.74) is 1.64. The second-order valence-corrected chi connectivity index (χ2v) is 11.6. The highest BCUT2D eigenvalue weighted by molar-refractivity contribution is 7.23. The Morgan fingerprint density at radius 1 is 1.21 bits per heavy atom. The number of nitrogens with one attached hydrogen (secondary N) is 2. The minimum atomic E-state index is -0.678. The molecule has 0 saturated carbocycles. The third kappa shape index (κ3) is 5.13. The van der Waals surface area contributed by atoms with E-state index in [9.17, 15) is 9.18 Å². The van der Waals surface area contributed by atoms with Gasteiger partial charge in [0.2, 0.25) is 0 Å². The first-order chi connectivity index (χ1) is 18.5. The molecule has 0 radical (unpaired) electrons. The molecular formula is C28H32F3N5OS. The van der Waals surface area contributed by atoms with E-state index >= 15 is 8.78 Å². The van der Waals surface area contributed by atoms with Crippen molar-refractivity contribution in [2.75, 3.05) is 32.7 Å². The fraction of sp³-hybridized carbons (Fsp3) is 0.500. The highest BCUT2D eigenvalue weighted by Gasteiger charge is 2.32. The van der Waals surface area contributed by atoms with E-state index in [4.69, 9.17) is 0 Å². The number of benzene rings is 1. The van der Waals surface area contributed by atoms with Gasteiger partial charge in [-0.1, -0.05) is 11.3 Å². The number of allylic oxidation sites excluding steroid dienone is 3. The molecule has 2 saturated heterocycles. The van der Waals surface area contributed by atoms with Crippen molar-refractivity contribution in [3.05, 3.63) is 53.4 Å². The number of carbonyl (C=O) groups is 1. The Labute approximate surface area is 223 Å². The molecule has 2 aromatic heterocycles. The molecule has 1 unspecified atom stereocenters. The van der Waals surface area contributed by atoms with Crippen molar-refractivity contribution in [2.24, 2.45) is 5.92 Å². The Morgan fingerprint density at radius 3 is 2.82 bits per heavy atom. The molecule has 0 bridgehead atoms. The minimum Gasteiger partial charge on any atom is -0.352 e. The van der Waals surface area contributed by atoms with E-state index in [-0.39, 0.29) is 29.9 Å². The molecule has 38 heavy (non-hydrogen) atoms. The van der Waals surface area contributed by atoms with Crippen LogP contribution in [0.15, 0.2) is 42.1 Å². The van der Waals surface area contributed by atoms with Crippen LogP contribution in [-0.4, -0.2) is 65.1 Å². The van der Waals surface area contributed by atoms with E-state index in [1.807, 2.05) is 16.5 Å². The molecule has 2 atom stereocenters. The first-order valence-electron chi connectivity index (χ1n) is 13.5. The second-order valence-electron chi connectivity index (χ2n) is 10.6. The van der Waals surface area contributed by atoms with Crippen LogP contribution in [0.4, 0.5) is 13.2 Å². The van der Waals surface area contributed by atoms with Crippen molar-refractivity contribution < 1.29 is 18.0 Å². The van der Waals surface area contributed by atoms with Gasteiger partial charge in [0.1, 0.15) is 17.8 Å². The van der Waals surface area contributed by atoms with Gasteiger partial charge in [0.25, 0.3) is 5.91 Å². The first kappa shape index (κ1) is 25.6. The van der Waals surface area contributed by atoms with Crippen molar-refractivity contribution >= 4 is 38.0 Å². The van der Waals surface area contributed by atoms with Gasteiger partial charge in [0.15, 0.2) is 4.96 Å². The summed E-state index contributed by atoms with van der Waals surface area (Å²) in [6.07, 6.45) is 6.69. The molecule has 6 rings (SSSR count). The van der Waals surface area contributed by atoms with Gasteiger partial charge in [-0.3, -0.25) is 9.20 Å². The number of hydrogen-bond donors (Lipinski definition) is 2. The number of amides is 1. The quantitative estimate of drug-likeness (QED) is 0.392. The molecule has 2 fully saturated rings. The summed E-state index contributed by atoms with van der Waals surface area (Å²) >= 11 is 1.39. The summed E-state index contributed by atoms with van der Waals surface area (Å²) in [7, 11) is 0. The van der Waals surface area contributed by atoms with Crippen LogP contribution in [0.5, 0.6) is 0 Å². The van der Waals surface area contributed by atoms with Gasteiger partial charge in [0, 0.05) is 49.8 Å². The van der Waals surface area contributed by atoms with Crippen molar-refractivity contribution in [1.82, 2.24) is 24.9 Å². The number of nitrogens with zero attached hydrogens (tertiary/aromatic N) is 3. The maximum Gasteiger partial charge on any atom is 0.251 e. The Hall–Kier alpha value is -2.69. The molecular weight excluding hydrogens is 511 g/mol. The van der Waals surface area contributed by atoms with Crippen molar-refractivity contribution in [3.8, 4) is 0 Å². The lowest BCUT2D eigenvalue weighted by molar-refractivity contribution is 0.0950. The van der Waals surface area contributed by atoms with Crippen LogP contribution < -0.4 is 10.6 Å². The molecule has 1 aromatic carbocycles. The van der Waals surface area contributed by atoms with Crippen molar-refractivity contribution in [1.29, 1.82) is 0 Å². The number of imidazole rings is 1. The third-order valence-electron chi connectivity index (χ3n) is 7.97. The number of piperidine rings is 1. The Balaban J connectivity index is 1.12. The summed E-state index contributed by atoms with van der Waals surface area (Å²) < 4.78 is 46.1. The minimum absolute atomic E-state index is 0.0478. The number of thiazole rings is 1. The van der Waals surface area contributed by atoms with Crippen LogP contribution in [0.2, 0.25) is 0 Å². The molecule has 0 spiro atoms. The van der Waals surface area contributed by atoms with Gasteiger partial charge in [-0.15, -0.1) is 0 Å². The largest absolute Gasteiger partial charge is 0.352 e. The molecule has 2 aliphatic heterocycles. The Bertz CT molecular complexity index is 1400. The summed E-state index contributed by atoms with van der Waals surface area (Å²) in [5.74, 6) is -1.32. The molecule has 3 aromatic rings. The van der Waals surface area contributed by atoms with Crippen LogP contribution in [0.3, 0.4) is 0 Å². The lowest BCUT2D eigenvalue weighted by Gasteiger charge is -2.28. The molecule has 202 valence electrons. The highest BCUT2D eigenvalue weighted by Crippen LogP contribution is 2.40. The predicted molar refractivity (Wildman–Crippen MR) is 144 cm³/mol. The summed E-state index contributed by atoms with van der Waals surface area (Å²) in [6.45, 7) is 3.85. The molecule has 4 heterocycles. The molecule has 6 nitrogen and oxygen atoms in total. The number of rotatable bonds is 7. The Kier molecular flexibility index (Phi) is 7.29. The van der Waals surface area contributed by atoms with Crippen LogP contribution in [-0.2, 0) is 0 Å². The molecule has 1 amide bonds. The van der Waals surface area contributed by atoms with Crippen LogP contribution >= 0.6 is 11.3 Å². The van der Waals surface area contributed by atoms with E-state index < -0.39 is 17.8 Å². The number of fused-ring (bicyclic) bond motifs is 3. The van der Waals surface area contributed by atoms with Crippen LogP contribution in [0.1, 0.15) is 54.6 Å². The fourth-order valence-electron chi connectivity index (χ4n) is 5.86. The lowest BCUT2D eigenvalue weighted by Crippen LogP contribution is -2.36. The van der Waals surface area contributed by atoms with Crippen molar-refractivity contribution in [2.45, 2.75) is 50.7 Å². The lowest BCUT2D eigenvalue weighted by atomic mass is 9.87. The highest BCUT2D eigenvalue weighted by atomic mass is 32.1. The zero-order chi connectivity index (χ0) is 26.2. The van der Waals surface area contributed by atoms with Gasteiger partial charge in [-0.05, 0) is 69.5 Å². The Morgan fingerprint density at radius 2 is 2.05 bits per heavy atom. The smallest absolute Gasteiger partial charge is 0.251 e. The molecule has 10 heteroatoms. The monoisotopic (exact) mass is 543 g/mol. The van der Waals surface area contributed by atoms with Crippen LogP contribution in [0.25, 0.3) is 20.8 Å². The maximum absolute atomic E-state index is 15.1. The average Bonchev–Trinajstić information content (AvgIpc) is 3.64. The molecule has 1 aliphatic carbocycles. The zero-order valence-electron chi connectivity index (χ0n) is 21.2. The molecule has 2 N–H and O–H groups in total. The van der Waals surface area contributed by atoms with Gasteiger partial charge in [0.05, 0.1) is 21.5 Å². The van der Waals surface area contributed by atoms with E-state index in [0.29, 0.717) is 35.6 Å². The van der Waals surface area contributed by atoms with Gasteiger partial charge >= 0.3 is 0 Å². The van der Waals surface area contributed by atoms with Gasteiger partial charge < -0.3 is 15.5 Å². The normalized spacial score (nSPS) is 23.5. The van der Waals surface area contributed by atoms with Gasteiger partial charge in [-0.25, -0.2) is 18.2 Å². The fourth-order valence-corrected chi connectivity index (χ4v) is 6.91. The number of hydrogen-bond acceptors (Lipinski definition) is 5. The van der Waals surface area contributed by atoms with E-state index in [0.717, 1.165) is 55.7 Å². The standard InChI is InChI=1S/C28H32F3N5OS/c29-19-6-11-35(12-7-19)10-2-9-33-27(37)17-4-5-24-25(15-17)38-28-34-23(16-36(24)28)26-20(30)13-18(14-21(26)31)22-3-1-8-32-22/h4-5,13,15-16,18-19,22,32H,1-3,6-12,14H2,(H,33,37)/t18?,22-/m1/s1. The summed E-state index contributed by atoms with van der Waals surface area (Å²) in [6, 6.07) is 5.56. The summed E-state index contributed by atoms with van der Waals surface area (Å²) in [4.78, 5) is 20.1. The van der Waals surface area contributed by atoms with E-state index in [1.165, 1.54) is 11.3 Å². The average molecular weight is 544 g/mol. The number of halogens is 3. The number of likely N-dealkylation sites (tertiary alicyclic amines) is 1. The zero-order valence-corrected chi connectivity index (χ0v) is 22.0.